The molecule has 1 atom stereocenters. The number of nitrogens with one attached hydrogen (secondary N) is 1. The summed E-state index contributed by atoms with van der Waals surface area (Å²) in [5.41, 5.74) is 1.96. The maximum atomic E-state index is 12.8. The van der Waals surface area contributed by atoms with Crippen LogP contribution in [0.4, 0.5) is 5.69 Å². The van der Waals surface area contributed by atoms with E-state index in [9.17, 15) is 9.90 Å². The smallest absolute Gasteiger partial charge is 0.256 e. The summed E-state index contributed by atoms with van der Waals surface area (Å²) in [7, 11) is 0. The van der Waals surface area contributed by atoms with Gasteiger partial charge in [0, 0.05) is 25.3 Å². The molecule has 116 valence electrons. The van der Waals surface area contributed by atoms with Gasteiger partial charge in [0.15, 0.2) is 0 Å². The second-order valence-corrected chi connectivity index (χ2v) is 6.30. The molecule has 1 aromatic rings. The lowest BCUT2D eigenvalue weighted by atomic mass is 9.94. The Morgan fingerprint density at radius 2 is 2.24 bits per heavy atom. The zero-order valence-electron chi connectivity index (χ0n) is 13.3. The van der Waals surface area contributed by atoms with Crippen LogP contribution in [-0.2, 0) is 0 Å². The molecule has 1 aliphatic heterocycles. The highest BCUT2D eigenvalue weighted by Crippen LogP contribution is 2.25. The van der Waals surface area contributed by atoms with Gasteiger partial charge in [-0.1, -0.05) is 13.0 Å². The van der Waals surface area contributed by atoms with Gasteiger partial charge in [0.25, 0.3) is 5.91 Å². The van der Waals surface area contributed by atoms with E-state index < -0.39 is 5.60 Å². The molecule has 2 N–H and O–H groups in total. The van der Waals surface area contributed by atoms with E-state index >= 15 is 0 Å². The van der Waals surface area contributed by atoms with E-state index in [-0.39, 0.29) is 5.91 Å². The third-order valence-electron chi connectivity index (χ3n) is 3.93. The quantitative estimate of drug-likeness (QED) is 0.896. The van der Waals surface area contributed by atoms with Crippen LogP contribution in [0.2, 0.25) is 0 Å². The SMILES string of the molecule is CCCNc1cc(C)ccc1C(=O)N1CCCC(C)(O)C1. The largest absolute Gasteiger partial charge is 0.388 e. The third-order valence-corrected chi connectivity index (χ3v) is 3.93. The van der Waals surface area contributed by atoms with Gasteiger partial charge in [0.2, 0.25) is 0 Å². The van der Waals surface area contributed by atoms with Crippen molar-refractivity contribution in [3.63, 3.8) is 0 Å². The molecule has 1 amide bonds. The average Bonchev–Trinajstić information content (AvgIpc) is 2.43. The fraction of sp³-hybridized carbons (Fsp3) is 0.588. The van der Waals surface area contributed by atoms with Crippen molar-refractivity contribution in [3.05, 3.63) is 29.3 Å². The molecule has 1 saturated heterocycles. The van der Waals surface area contributed by atoms with Crippen LogP contribution in [0.15, 0.2) is 18.2 Å². The molecule has 1 aromatic carbocycles. The third kappa shape index (κ3) is 3.97. The minimum Gasteiger partial charge on any atom is -0.388 e. The molecule has 1 unspecified atom stereocenters. The van der Waals surface area contributed by atoms with E-state index in [1.807, 2.05) is 25.1 Å². The first kappa shape index (κ1) is 15.8. The van der Waals surface area contributed by atoms with Gasteiger partial charge in [0.1, 0.15) is 0 Å². The fourth-order valence-corrected chi connectivity index (χ4v) is 2.81. The van der Waals surface area contributed by atoms with Crippen LogP contribution in [0.25, 0.3) is 0 Å². The Morgan fingerprint density at radius 3 is 2.90 bits per heavy atom. The lowest BCUT2D eigenvalue weighted by Gasteiger charge is -2.37. The summed E-state index contributed by atoms with van der Waals surface area (Å²) in [6, 6.07) is 5.87. The first-order valence-corrected chi connectivity index (χ1v) is 7.79. The Kier molecular flexibility index (Phi) is 4.88. The number of nitrogens with zero attached hydrogens (tertiary/aromatic N) is 1. The van der Waals surface area contributed by atoms with Crippen molar-refractivity contribution in [1.82, 2.24) is 4.90 Å². The maximum Gasteiger partial charge on any atom is 0.256 e. The Morgan fingerprint density at radius 1 is 1.48 bits per heavy atom. The number of carbonyl (C=O) groups excluding carboxylic acids is 1. The minimum absolute atomic E-state index is 0.00794. The predicted molar refractivity (Wildman–Crippen MR) is 85.7 cm³/mol. The van der Waals surface area contributed by atoms with Gasteiger partial charge in [-0.15, -0.1) is 0 Å². The summed E-state index contributed by atoms with van der Waals surface area (Å²) in [6.45, 7) is 7.91. The lowest BCUT2D eigenvalue weighted by molar-refractivity contribution is -0.0107. The highest BCUT2D eigenvalue weighted by atomic mass is 16.3. The first-order valence-electron chi connectivity index (χ1n) is 7.79. The van der Waals surface area contributed by atoms with Gasteiger partial charge in [-0.3, -0.25) is 4.79 Å². The molecule has 0 bridgehead atoms. The summed E-state index contributed by atoms with van der Waals surface area (Å²) in [4.78, 5) is 14.5. The number of hydrogen-bond donors (Lipinski definition) is 2. The van der Waals surface area contributed by atoms with Crippen LogP contribution in [0.5, 0.6) is 0 Å². The Balaban J connectivity index is 2.21. The van der Waals surface area contributed by atoms with Crippen molar-refractivity contribution < 1.29 is 9.90 Å². The van der Waals surface area contributed by atoms with E-state index in [0.29, 0.717) is 12.1 Å². The number of benzene rings is 1. The zero-order chi connectivity index (χ0) is 15.5. The molecule has 21 heavy (non-hydrogen) atoms. The van der Waals surface area contributed by atoms with Gasteiger partial charge < -0.3 is 15.3 Å². The number of amides is 1. The molecule has 1 aliphatic rings. The summed E-state index contributed by atoms with van der Waals surface area (Å²) >= 11 is 0. The molecule has 4 heteroatoms. The van der Waals surface area contributed by atoms with Crippen LogP contribution in [0.1, 0.15) is 49.0 Å². The minimum atomic E-state index is -0.768. The number of anilines is 1. The number of likely N-dealkylation sites (tertiary alicyclic amines) is 1. The normalized spacial score (nSPS) is 22.2. The molecule has 0 aliphatic carbocycles. The number of piperidine rings is 1. The van der Waals surface area contributed by atoms with Crippen molar-refractivity contribution >= 4 is 11.6 Å². The van der Waals surface area contributed by atoms with Crippen molar-refractivity contribution in [1.29, 1.82) is 0 Å². The summed E-state index contributed by atoms with van der Waals surface area (Å²) in [5.74, 6) is 0.00794. The van der Waals surface area contributed by atoms with E-state index in [1.54, 1.807) is 11.8 Å². The van der Waals surface area contributed by atoms with Crippen LogP contribution in [0, 0.1) is 6.92 Å². The van der Waals surface area contributed by atoms with Crippen LogP contribution >= 0.6 is 0 Å². The summed E-state index contributed by atoms with van der Waals surface area (Å²) in [5, 5.41) is 13.5. The van der Waals surface area contributed by atoms with Gasteiger partial charge in [-0.25, -0.2) is 0 Å². The number of carbonyl (C=O) groups is 1. The molecule has 0 saturated carbocycles. The highest BCUT2D eigenvalue weighted by molar-refractivity contribution is 5.99. The molecular weight excluding hydrogens is 264 g/mol. The molecule has 2 rings (SSSR count). The van der Waals surface area contributed by atoms with Crippen molar-refractivity contribution in [2.75, 3.05) is 25.0 Å². The van der Waals surface area contributed by atoms with Crippen molar-refractivity contribution in [2.45, 2.75) is 45.6 Å². The molecular formula is C17H26N2O2. The lowest BCUT2D eigenvalue weighted by Crippen LogP contribution is -2.48. The number of hydrogen-bond acceptors (Lipinski definition) is 3. The Bertz CT molecular complexity index is 512. The van der Waals surface area contributed by atoms with Crippen molar-refractivity contribution in [3.8, 4) is 0 Å². The topological polar surface area (TPSA) is 52.6 Å². The number of rotatable bonds is 4. The van der Waals surface area contributed by atoms with Gasteiger partial charge in [0.05, 0.1) is 11.2 Å². The van der Waals surface area contributed by atoms with E-state index in [0.717, 1.165) is 43.6 Å². The van der Waals surface area contributed by atoms with Gasteiger partial charge in [-0.05, 0) is 50.8 Å². The fourth-order valence-electron chi connectivity index (χ4n) is 2.81. The monoisotopic (exact) mass is 290 g/mol. The number of β-amino-alcohol motifs (C(OH)–C–C–N with tert-alkyl or cyclic N) is 1. The average molecular weight is 290 g/mol. The molecule has 0 aromatic heterocycles. The second-order valence-electron chi connectivity index (χ2n) is 6.30. The highest BCUT2D eigenvalue weighted by Gasteiger charge is 2.31. The number of aliphatic hydroxyl groups is 1. The van der Waals surface area contributed by atoms with E-state index in [1.165, 1.54) is 0 Å². The molecule has 0 spiro atoms. The van der Waals surface area contributed by atoms with Gasteiger partial charge >= 0.3 is 0 Å². The number of aryl methyl sites for hydroxylation is 1. The molecule has 4 nitrogen and oxygen atoms in total. The molecule has 0 radical (unpaired) electrons. The molecule has 1 heterocycles. The van der Waals surface area contributed by atoms with Gasteiger partial charge in [-0.2, -0.15) is 0 Å². The van der Waals surface area contributed by atoms with Crippen LogP contribution in [0.3, 0.4) is 0 Å². The van der Waals surface area contributed by atoms with E-state index in [4.69, 9.17) is 0 Å². The summed E-state index contributed by atoms with van der Waals surface area (Å²) < 4.78 is 0. The van der Waals surface area contributed by atoms with E-state index in [2.05, 4.69) is 12.2 Å². The van der Waals surface area contributed by atoms with Crippen LogP contribution < -0.4 is 5.32 Å². The standard InChI is InChI=1S/C17H26N2O2/c1-4-9-18-15-11-13(2)6-7-14(15)16(20)19-10-5-8-17(3,21)12-19/h6-7,11,18,21H,4-5,8-10,12H2,1-3H3. The zero-order valence-corrected chi connectivity index (χ0v) is 13.3. The second kappa shape index (κ2) is 6.48. The summed E-state index contributed by atoms with van der Waals surface area (Å²) in [6.07, 6.45) is 2.62. The van der Waals surface area contributed by atoms with Crippen molar-refractivity contribution in [2.24, 2.45) is 0 Å². The molecule has 1 fully saturated rings. The van der Waals surface area contributed by atoms with Crippen LogP contribution in [-0.4, -0.2) is 41.1 Å². The Labute approximate surface area is 127 Å². The maximum absolute atomic E-state index is 12.8. The predicted octanol–water partition coefficient (Wildman–Crippen LogP) is 2.80. The Hall–Kier alpha value is -1.55. The first-order chi connectivity index (χ1) is 9.93.